The third-order valence-electron chi connectivity index (χ3n) is 4.31. The van der Waals surface area contributed by atoms with Crippen LogP contribution < -0.4 is 9.47 Å². The van der Waals surface area contributed by atoms with Crippen molar-refractivity contribution in [1.82, 2.24) is 15.1 Å². The summed E-state index contributed by atoms with van der Waals surface area (Å²) in [5, 5.41) is 8.42. The second kappa shape index (κ2) is 7.93. The maximum absolute atomic E-state index is 12.4. The number of nitrogens with zero attached hydrogens (tertiary/aromatic N) is 3. The minimum Gasteiger partial charge on any atom is -0.454 e. The van der Waals surface area contributed by atoms with Crippen molar-refractivity contribution in [3.63, 3.8) is 0 Å². The van der Waals surface area contributed by atoms with Gasteiger partial charge in [0.2, 0.25) is 18.6 Å². The van der Waals surface area contributed by atoms with Crippen LogP contribution >= 0.6 is 11.8 Å². The van der Waals surface area contributed by atoms with Crippen molar-refractivity contribution in [2.45, 2.75) is 18.7 Å². The Kier molecular flexibility index (Phi) is 5.21. The van der Waals surface area contributed by atoms with Crippen molar-refractivity contribution in [3.8, 4) is 23.0 Å². The van der Waals surface area contributed by atoms with Crippen molar-refractivity contribution >= 4 is 17.7 Å². The molecule has 2 aromatic carbocycles. The van der Waals surface area contributed by atoms with E-state index in [1.54, 1.807) is 24.1 Å². The first-order valence-electron chi connectivity index (χ1n) is 8.74. The van der Waals surface area contributed by atoms with Gasteiger partial charge < -0.3 is 18.8 Å². The highest BCUT2D eigenvalue weighted by Gasteiger charge is 2.18. The first kappa shape index (κ1) is 18.4. The molecule has 0 unspecified atom stereocenters. The first-order chi connectivity index (χ1) is 13.6. The molecule has 0 N–H and O–H groups in total. The van der Waals surface area contributed by atoms with Crippen molar-refractivity contribution in [3.05, 3.63) is 53.6 Å². The number of aromatic nitrogens is 2. The number of benzene rings is 2. The lowest BCUT2D eigenvalue weighted by Gasteiger charge is -2.16. The van der Waals surface area contributed by atoms with Crippen LogP contribution in [0.25, 0.3) is 11.5 Å². The molecule has 1 amide bonds. The van der Waals surface area contributed by atoms with E-state index in [0.717, 1.165) is 11.1 Å². The van der Waals surface area contributed by atoms with Crippen LogP contribution in [0.5, 0.6) is 11.5 Å². The molecule has 0 bridgehead atoms. The predicted molar refractivity (Wildman–Crippen MR) is 104 cm³/mol. The van der Waals surface area contributed by atoms with Gasteiger partial charge in [-0.2, -0.15) is 0 Å². The normalized spacial score (nSPS) is 12.2. The Morgan fingerprint density at radius 3 is 2.71 bits per heavy atom. The number of hydrogen-bond donors (Lipinski definition) is 0. The average Bonchev–Trinajstić information content (AvgIpc) is 3.36. The molecule has 7 nitrogen and oxygen atoms in total. The second-order valence-corrected chi connectivity index (χ2v) is 7.39. The van der Waals surface area contributed by atoms with Crippen LogP contribution in [0.2, 0.25) is 0 Å². The van der Waals surface area contributed by atoms with Gasteiger partial charge in [0.05, 0.1) is 5.75 Å². The van der Waals surface area contributed by atoms with Crippen molar-refractivity contribution < 1.29 is 18.7 Å². The van der Waals surface area contributed by atoms with Crippen molar-refractivity contribution in [1.29, 1.82) is 0 Å². The van der Waals surface area contributed by atoms with Gasteiger partial charge >= 0.3 is 0 Å². The van der Waals surface area contributed by atoms with E-state index in [1.165, 1.54) is 17.3 Å². The zero-order valence-corrected chi connectivity index (χ0v) is 16.4. The Bertz CT molecular complexity index is 987. The molecular formula is C20H19N3O4S. The topological polar surface area (TPSA) is 77.7 Å². The summed E-state index contributed by atoms with van der Waals surface area (Å²) in [6.07, 6.45) is 0. The highest BCUT2D eigenvalue weighted by molar-refractivity contribution is 7.99. The minimum atomic E-state index is -0.00611. The molecule has 0 spiro atoms. The molecule has 0 saturated carbocycles. The Hall–Kier alpha value is -3.00. The molecule has 0 fully saturated rings. The third-order valence-corrected chi connectivity index (χ3v) is 5.11. The minimum absolute atomic E-state index is 0.00611. The van der Waals surface area contributed by atoms with Gasteiger partial charge in [0.25, 0.3) is 5.22 Å². The number of thioether (sulfide) groups is 1. The molecule has 4 rings (SSSR count). The summed E-state index contributed by atoms with van der Waals surface area (Å²) < 4.78 is 16.3. The molecule has 0 aliphatic carbocycles. The standard InChI is InChI=1S/C20H19N3O4S/c1-13-3-5-14(6-4-13)10-23(2)18(24)11-28-20-22-21-19(27-20)15-7-8-16-17(9-15)26-12-25-16/h3-9H,10-12H2,1-2H3. The zero-order valence-electron chi connectivity index (χ0n) is 15.5. The Balaban J connectivity index is 1.33. The number of fused-ring (bicyclic) bond motifs is 1. The monoisotopic (exact) mass is 397 g/mol. The summed E-state index contributed by atoms with van der Waals surface area (Å²) >= 11 is 1.22. The summed E-state index contributed by atoms with van der Waals surface area (Å²) in [5.41, 5.74) is 3.03. The van der Waals surface area contributed by atoms with Crippen LogP contribution in [-0.2, 0) is 11.3 Å². The lowest BCUT2D eigenvalue weighted by atomic mass is 10.1. The molecule has 2 heterocycles. The summed E-state index contributed by atoms with van der Waals surface area (Å²) in [5.74, 6) is 1.94. The number of amides is 1. The molecule has 3 aromatic rings. The fourth-order valence-electron chi connectivity index (χ4n) is 2.70. The summed E-state index contributed by atoms with van der Waals surface area (Å²) in [4.78, 5) is 14.1. The molecule has 1 aromatic heterocycles. The van der Waals surface area contributed by atoms with Crippen molar-refractivity contribution in [2.75, 3.05) is 19.6 Å². The van der Waals surface area contributed by atoms with Gasteiger partial charge in [-0.15, -0.1) is 10.2 Å². The average molecular weight is 397 g/mol. The molecule has 144 valence electrons. The largest absolute Gasteiger partial charge is 0.454 e. The molecular weight excluding hydrogens is 378 g/mol. The Labute approximate surface area is 166 Å². The van der Waals surface area contributed by atoms with E-state index in [9.17, 15) is 4.79 Å². The summed E-state index contributed by atoms with van der Waals surface area (Å²) in [7, 11) is 1.79. The molecule has 0 saturated heterocycles. The van der Waals surface area contributed by atoms with Gasteiger partial charge in [-0.1, -0.05) is 41.6 Å². The van der Waals surface area contributed by atoms with E-state index in [1.807, 2.05) is 37.3 Å². The van der Waals surface area contributed by atoms with Crippen LogP contribution in [0, 0.1) is 6.92 Å². The molecule has 0 atom stereocenters. The smallest absolute Gasteiger partial charge is 0.277 e. The highest BCUT2D eigenvalue weighted by atomic mass is 32.2. The number of ether oxygens (including phenoxy) is 2. The van der Waals surface area contributed by atoms with Gasteiger partial charge in [0, 0.05) is 19.2 Å². The summed E-state index contributed by atoms with van der Waals surface area (Å²) in [6, 6.07) is 13.6. The van der Waals surface area contributed by atoms with E-state index in [-0.39, 0.29) is 18.5 Å². The predicted octanol–water partition coefficient (Wildman–Crippen LogP) is 3.52. The van der Waals surface area contributed by atoms with Crippen LogP contribution in [0.3, 0.4) is 0 Å². The molecule has 28 heavy (non-hydrogen) atoms. The lowest BCUT2D eigenvalue weighted by Crippen LogP contribution is -2.27. The first-order valence-corrected chi connectivity index (χ1v) is 9.73. The molecule has 0 radical (unpaired) electrons. The van der Waals surface area contributed by atoms with Crippen LogP contribution in [0.1, 0.15) is 11.1 Å². The molecule has 1 aliphatic rings. The number of carbonyl (C=O) groups is 1. The van der Waals surface area contributed by atoms with E-state index >= 15 is 0 Å². The maximum atomic E-state index is 12.4. The zero-order chi connectivity index (χ0) is 19.5. The number of rotatable bonds is 6. The SMILES string of the molecule is Cc1ccc(CN(C)C(=O)CSc2nnc(-c3ccc4c(c3)OCO4)o2)cc1. The van der Waals surface area contributed by atoms with Crippen LogP contribution in [0.4, 0.5) is 0 Å². The van der Waals surface area contributed by atoms with Crippen LogP contribution in [-0.4, -0.2) is 40.6 Å². The fourth-order valence-corrected chi connectivity index (χ4v) is 3.41. The molecule has 1 aliphatic heterocycles. The Morgan fingerprint density at radius 1 is 1.11 bits per heavy atom. The van der Waals surface area contributed by atoms with Gasteiger partial charge in [0.15, 0.2) is 11.5 Å². The Morgan fingerprint density at radius 2 is 1.89 bits per heavy atom. The van der Waals surface area contributed by atoms with Crippen LogP contribution in [0.15, 0.2) is 52.1 Å². The van der Waals surface area contributed by atoms with Gasteiger partial charge in [-0.25, -0.2) is 0 Å². The van der Waals surface area contributed by atoms with Gasteiger partial charge in [-0.3, -0.25) is 4.79 Å². The highest BCUT2D eigenvalue weighted by Crippen LogP contribution is 2.36. The maximum Gasteiger partial charge on any atom is 0.277 e. The number of hydrogen-bond acceptors (Lipinski definition) is 7. The van der Waals surface area contributed by atoms with E-state index in [0.29, 0.717) is 29.2 Å². The fraction of sp³-hybridized carbons (Fsp3) is 0.250. The van der Waals surface area contributed by atoms with Crippen molar-refractivity contribution in [2.24, 2.45) is 0 Å². The van der Waals surface area contributed by atoms with E-state index < -0.39 is 0 Å². The third kappa shape index (κ3) is 4.12. The second-order valence-electron chi connectivity index (χ2n) is 6.47. The lowest BCUT2D eigenvalue weighted by molar-refractivity contribution is -0.127. The summed E-state index contributed by atoms with van der Waals surface area (Å²) in [6.45, 7) is 2.81. The quantitative estimate of drug-likeness (QED) is 0.589. The van der Waals surface area contributed by atoms with Gasteiger partial charge in [0.1, 0.15) is 0 Å². The van der Waals surface area contributed by atoms with E-state index in [2.05, 4.69) is 10.2 Å². The number of carbonyl (C=O) groups excluding carboxylic acids is 1. The number of aryl methyl sites for hydroxylation is 1. The van der Waals surface area contributed by atoms with Gasteiger partial charge in [-0.05, 0) is 30.7 Å². The molecule has 8 heteroatoms. The van der Waals surface area contributed by atoms with E-state index in [4.69, 9.17) is 13.9 Å².